The van der Waals surface area contributed by atoms with Crippen molar-refractivity contribution in [1.82, 2.24) is 10.6 Å². The number of para-hydroxylation sites is 2. The molecule has 1 aromatic rings. The van der Waals surface area contributed by atoms with Gasteiger partial charge in [-0.1, -0.05) is 12.1 Å². The highest BCUT2D eigenvalue weighted by Gasteiger charge is 2.16. The average Bonchev–Trinajstić information content (AvgIpc) is 2.46. The van der Waals surface area contributed by atoms with E-state index in [9.17, 15) is 14.9 Å². The summed E-state index contributed by atoms with van der Waals surface area (Å²) in [5.41, 5.74) is 0.328. The molecule has 1 atom stereocenters. The predicted molar refractivity (Wildman–Crippen MR) is 75.6 cm³/mol. The summed E-state index contributed by atoms with van der Waals surface area (Å²) >= 11 is 0. The van der Waals surface area contributed by atoms with E-state index in [0.717, 1.165) is 25.9 Å². The maximum Gasteiger partial charge on any atom is 0.292 e. The van der Waals surface area contributed by atoms with Crippen molar-refractivity contribution >= 4 is 17.3 Å². The van der Waals surface area contributed by atoms with E-state index in [1.165, 1.54) is 6.07 Å². The van der Waals surface area contributed by atoms with E-state index in [1.807, 2.05) is 0 Å². The monoisotopic (exact) mass is 278 g/mol. The van der Waals surface area contributed by atoms with Gasteiger partial charge in [0.2, 0.25) is 5.91 Å². The molecule has 0 bridgehead atoms. The number of nitrogens with one attached hydrogen (secondary N) is 3. The quantitative estimate of drug-likeness (QED) is 0.548. The maximum absolute atomic E-state index is 11.8. The number of anilines is 1. The van der Waals surface area contributed by atoms with Gasteiger partial charge in [0.05, 0.1) is 11.5 Å². The number of nitro groups is 1. The summed E-state index contributed by atoms with van der Waals surface area (Å²) in [7, 11) is 0. The molecular weight excluding hydrogens is 260 g/mol. The zero-order chi connectivity index (χ0) is 14.4. The number of rotatable bonds is 5. The molecule has 7 heteroatoms. The van der Waals surface area contributed by atoms with Gasteiger partial charge in [0.25, 0.3) is 5.69 Å². The minimum atomic E-state index is -0.467. The van der Waals surface area contributed by atoms with Crippen LogP contribution in [0, 0.1) is 10.1 Å². The molecule has 0 saturated carbocycles. The van der Waals surface area contributed by atoms with E-state index >= 15 is 0 Å². The fraction of sp³-hybridized carbons (Fsp3) is 0.462. The van der Waals surface area contributed by atoms with E-state index < -0.39 is 4.92 Å². The Morgan fingerprint density at radius 1 is 1.45 bits per heavy atom. The summed E-state index contributed by atoms with van der Waals surface area (Å²) < 4.78 is 0. The summed E-state index contributed by atoms with van der Waals surface area (Å²) in [4.78, 5) is 22.2. The molecule has 0 aromatic heterocycles. The van der Waals surface area contributed by atoms with Crippen molar-refractivity contribution in [3.05, 3.63) is 34.4 Å². The maximum atomic E-state index is 11.8. The standard InChI is InChI=1S/C13H18N4O3/c18-13(16-10-4-3-7-14-8-10)9-15-11-5-1-2-6-12(11)17(19)20/h1-2,5-6,10,14-15H,3-4,7-9H2,(H,16,18). The van der Waals surface area contributed by atoms with Crippen molar-refractivity contribution in [2.45, 2.75) is 18.9 Å². The highest BCUT2D eigenvalue weighted by atomic mass is 16.6. The van der Waals surface area contributed by atoms with Crippen LogP contribution in [0.5, 0.6) is 0 Å². The number of nitro benzene ring substituents is 1. The van der Waals surface area contributed by atoms with Crippen molar-refractivity contribution in [2.24, 2.45) is 0 Å². The third-order valence-corrected chi connectivity index (χ3v) is 3.20. The van der Waals surface area contributed by atoms with Gasteiger partial charge < -0.3 is 16.0 Å². The molecule has 0 spiro atoms. The Kier molecular flexibility index (Phi) is 4.89. The molecule has 1 fully saturated rings. The van der Waals surface area contributed by atoms with E-state index in [2.05, 4.69) is 16.0 Å². The minimum absolute atomic E-state index is 0.0281. The molecule has 1 aliphatic heterocycles. The Bertz CT molecular complexity index is 486. The van der Waals surface area contributed by atoms with Crippen LogP contribution in [-0.4, -0.2) is 36.5 Å². The lowest BCUT2D eigenvalue weighted by molar-refractivity contribution is -0.383. The number of benzene rings is 1. The van der Waals surface area contributed by atoms with E-state index in [0.29, 0.717) is 5.69 Å². The lowest BCUT2D eigenvalue weighted by atomic mass is 10.1. The highest BCUT2D eigenvalue weighted by molar-refractivity contribution is 5.82. The van der Waals surface area contributed by atoms with Gasteiger partial charge in [-0.15, -0.1) is 0 Å². The van der Waals surface area contributed by atoms with Crippen LogP contribution in [0.3, 0.4) is 0 Å². The summed E-state index contributed by atoms with van der Waals surface area (Å²) in [5.74, 6) is -0.156. The molecule has 1 unspecified atom stereocenters. The van der Waals surface area contributed by atoms with Gasteiger partial charge in [-0.3, -0.25) is 14.9 Å². The van der Waals surface area contributed by atoms with Crippen LogP contribution in [0.2, 0.25) is 0 Å². The second kappa shape index (κ2) is 6.85. The van der Waals surface area contributed by atoms with E-state index in [1.54, 1.807) is 18.2 Å². The van der Waals surface area contributed by atoms with Crippen LogP contribution >= 0.6 is 0 Å². The van der Waals surface area contributed by atoms with Gasteiger partial charge in [0.15, 0.2) is 0 Å². The molecule has 0 aliphatic carbocycles. The molecule has 2 rings (SSSR count). The van der Waals surface area contributed by atoms with Crippen molar-refractivity contribution in [3.8, 4) is 0 Å². The number of amides is 1. The molecule has 3 N–H and O–H groups in total. The second-order valence-electron chi connectivity index (χ2n) is 4.74. The van der Waals surface area contributed by atoms with Crippen LogP contribution in [0.4, 0.5) is 11.4 Å². The number of hydrogen-bond donors (Lipinski definition) is 3. The Hall–Kier alpha value is -2.15. The molecule has 1 aliphatic rings. The molecular formula is C13H18N4O3. The average molecular weight is 278 g/mol. The Morgan fingerprint density at radius 3 is 2.95 bits per heavy atom. The molecule has 1 heterocycles. The van der Waals surface area contributed by atoms with Crippen LogP contribution < -0.4 is 16.0 Å². The Balaban J connectivity index is 1.85. The molecule has 108 valence electrons. The van der Waals surface area contributed by atoms with Crippen molar-refractivity contribution in [1.29, 1.82) is 0 Å². The number of carbonyl (C=O) groups is 1. The molecule has 1 saturated heterocycles. The lowest BCUT2D eigenvalue weighted by Crippen LogP contribution is -2.47. The number of piperidine rings is 1. The smallest absolute Gasteiger partial charge is 0.292 e. The van der Waals surface area contributed by atoms with E-state index in [-0.39, 0.29) is 24.2 Å². The summed E-state index contributed by atoms with van der Waals surface area (Å²) in [5, 5.41) is 19.8. The van der Waals surface area contributed by atoms with Gasteiger partial charge in [0.1, 0.15) is 5.69 Å². The minimum Gasteiger partial charge on any atom is -0.371 e. The first-order valence-electron chi connectivity index (χ1n) is 6.64. The summed E-state index contributed by atoms with van der Waals surface area (Å²) in [6.07, 6.45) is 2.01. The first kappa shape index (κ1) is 14.3. The number of carbonyl (C=O) groups excluding carboxylic acids is 1. The lowest BCUT2D eigenvalue weighted by Gasteiger charge is -2.23. The van der Waals surface area contributed by atoms with Gasteiger partial charge in [-0.2, -0.15) is 0 Å². The van der Waals surface area contributed by atoms with Crippen LogP contribution in [0.15, 0.2) is 24.3 Å². The third kappa shape index (κ3) is 3.92. The second-order valence-corrected chi connectivity index (χ2v) is 4.74. The number of hydrogen-bond acceptors (Lipinski definition) is 5. The number of nitrogens with zero attached hydrogens (tertiary/aromatic N) is 1. The van der Waals surface area contributed by atoms with Crippen molar-refractivity contribution in [3.63, 3.8) is 0 Å². The van der Waals surface area contributed by atoms with Crippen LogP contribution in [0.25, 0.3) is 0 Å². The van der Waals surface area contributed by atoms with Gasteiger partial charge in [-0.25, -0.2) is 0 Å². The van der Waals surface area contributed by atoms with Gasteiger partial charge in [-0.05, 0) is 25.5 Å². The summed E-state index contributed by atoms with van der Waals surface area (Å²) in [6.45, 7) is 1.79. The molecule has 7 nitrogen and oxygen atoms in total. The molecule has 20 heavy (non-hydrogen) atoms. The Morgan fingerprint density at radius 2 is 2.25 bits per heavy atom. The highest BCUT2D eigenvalue weighted by Crippen LogP contribution is 2.22. The van der Waals surface area contributed by atoms with Gasteiger partial charge in [0, 0.05) is 18.7 Å². The first-order chi connectivity index (χ1) is 9.66. The molecule has 1 amide bonds. The van der Waals surface area contributed by atoms with Gasteiger partial charge >= 0.3 is 0 Å². The fourth-order valence-corrected chi connectivity index (χ4v) is 2.21. The van der Waals surface area contributed by atoms with Crippen molar-refractivity contribution < 1.29 is 9.72 Å². The Labute approximate surface area is 116 Å². The largest absolute Gasteiger partial charge is 0.371 e. The normalized spacial score (nSPS) is 18.3. The van der Waals surface area contributed by atoms with E-state index in [4.69, 9.17) is 0 Å². The van der Waals surface area contributed by atoms with Crippen LogP contribution in [-0.2, 0) is 4.79 Å². The topological polar surface area (TPSA) is 96.3 Å². The fourth-order valence-electron chi connectivity index (χ4n) is 2.21. The zero-order valence-electron chi connectivity index (χ0n) is 11.1. The van der Waals surface area contributed by atoms with Crippen LogP contribution in [0.1, 0.15) is 12.8 Å². The SMILES string of the molecule is O=C(CNc1ccccc1[N+](=O)[O-])NC1CCCNC1. The molecule has 0 radical (unpaired) electrons. The third-order valence-electron chi connectivity index (χ3n) is 3.20. The predicted octanol–water partition coefficient (Wildman–Crippen LogP) is 0.875. The summed E-state index contributed by atoms with van der Waals surface area (Å²) in [6, 6.07) is 6.43. The molecule has 1 aromatic carbocycles. The zero-order valence-corrected chi connectivity index (χ0v) is 11.1. The van der Waals surface area contributed by atoms with Crippen molar-refractivity contribution in [2.75, 3.05) is 25.0 Å². The first-order valence-corrected chi connectivity index (χ1v) is 6.64.